The second-order valence-corrected chi connectivity index (χ2v) is 5.25. The highest BCUT2D eigenvalue weighted by atomic mass is 15.2. The van der Waals surface area contributed by atoms with E-state index in [-0.39, 0.29) is 0 Å². The highest BCUT2D eigenvalue weighted by Crippen LogP contribution is 2.45. The van der Waals surface area contributed by atoms with E-state index in [1.54, 1.807) is 12.4 Å². The summed E-state index contributed by atoms with van der Waals surface area (Å²) in [5.41, 5.74) is 0.943. The molecule has 1 aliphatic heterocycles. The first-order valence-corrected chi connectivity index (χ1v) is 6.28. The Kier molecular flexibility index (Phi) is 2.47. The molecule has 0 bridgehead atoms. The quantitative estimate of drug-likeness (QED) is 0.738. The molecule has 0 unspecified atom stereocenters. The monoisotopic (exact) mass is 228 g/mol. The molecule has 1 spiro atoms. The third kappa shape index (κ3) is 1.86. The van der Waals surface area contributed by atoms with E-state index in [1.165, 1.54) is 32.1 Å². The zero-order valence-electron chi connectivity index (χ0n) is 9.89. The normalized spacial score (nSPS) is 21.9. The van der Waals surface area contributed by atoms with E-state index in [9.17, 15) is 0 Å². The maximum absolute atomic E-state index is 8.70. The van der Waals surface area contributed by atoms with Gasteiger partial charge in [0, 0.05) is 13.1 Å². The van der Waals surface area contributed by atoms with Gasteiger partial charge in [-0.25, -0.2) is 9.97 Å². The maximum Gasteiger partial charge on any atom is 0.158 e. The van der Waals surface area contributed by atoms with Gasteiger partial charge in [-0.2, -0.15) is 5.26 Å². The summed E-state index contributed by atoms with van der Waals surface area (Å²) in [6.45, 7) is 2.20. The van der Waals surface area contributed by atoms with Crippen molar-refractivity contribution < 1.29 is 0 Å². The van der Waals surface area contributed by atoms with E-state index >= 15 is 0 Å². The van der Waals surface area contributed by atoms with E-state index in [4.69, 9.17) is 5.26 Å². The van der Waals surface area contributed by atoms with Crippen LogP contribution in [0.5, 0.6) is 0 Å². The minimum absolute atomic E-state index is 0.392. The Labute approximate surface area is 101 Å². The lowest BCUT2D eigenvalue weighted by molar-refractivity contribution is 0.340. The summed E-state index contributed by atoms with van der Waals surface area (Å²) in [7, 11) is 0. The lowest BCUT2D eigenvalue weighted by Gasteiger charge is -2.23. The summed E-state index contributed by atoms with van der Waals surface area (Å²) in [6.07, 6.45) is 10.1. The Morgan fingerprint density at radius 2 is 2.00 bits per heavy atom. The molecule has 1 aromatic heterocycles. The summed E-state index contributed by atoms with van der Waals surface area (Å²) in [6, 6.07) is 2.00. The van der Waals surface area contributed by atoms with Crippen LogP contribution in [0.3, 0.4) is 0 Å². The molecular formula is C13H16N4. The molecule has 2 heterocycles. The van der Waals surface area contributed by atoms with Crippen LogP contribution in [0.15, 0.2) is 12.4 Å². The summed E-state index contributed by atoms with van der Waals surface area (Å²) >= 11 is 0. The third-order valence-corrected chi connectivity index (χ3v) is 4.18. The van der Waals surface area contributed by atoms with Crippen molar-refractivity contribution in [2.75, 3.05) is 18.0 Å². The molecule has 0 aromatic carbocycles. The second kappa shape index (κ2) is 3.99. The number of aromatic nitrogens is 2. The number of hydrogen-bond acceptors (Lipinski definition) is 4. The SMILES string of the molecule is N#Cc1cnc(N2CCC3(CCCC3)C2)cn1. The summed E-state index contributed by atoms with van der Waals surface area (Å²) in [4.78, 5) is 10.7. The maximum atomic E-state index is 8.70. The van der Waals surface area contributed by atoms with E-state index < -0.39 is 0 Å². The minimum atomic E-state index is 0.392. The zero-order chi connectivity index (χ0) is 11.7. The van der Waals surface area contributed by atoms with Gasteiger partial charge in [-0.15, -0.1) is 0 Å². The standard InChI is InChI=1S/C13H16N4/c14-7-11-8-16-12(9-15-11)17-6-5-13(10-17)3-1-2-4-13/h8-9H,1-6,10H2. The number of anilines is 1. The molecule has 2 fully saturated rings. The predicted molar refractivity (Wildman–Crippen MR) is 64.5 cm³/mol. The highest BCUT2D eigenvalue weighted by molar-refractivity contribution is 5.39. The fourth-order valence-corrected chi connectivity index (χ4v) is 3.21. The van der Waals surface area contributed by atoms with Gasteiger partial charge in [0.1, 0.15) is 11.9 Å². The van der Waals surface area contributed by atoms with Crippen LogP contribution in [0.1, 0.15) is 37.8 Å². The fraction of sp³-hybridized carbons (Fsp3) is 0.615. The Hall–Kier alpha value is -1.63. The molecule has 1 aromatic rings. The molecular weight excluding hydrogens is 212 g/mol. The van der Waals surface area contributed by atoms with Crippen molar-refractivity contribution in [3.05, 3.63) is 18.1 Å². The first kappa shape index (κ1) is 10.5. The van der Waals surface area contributed by atoms with E-state index in [0.717, 1.165) is 18.9 Å². The van der Waals surface area contributed by atoms with Crippen LogP contribution in [0.25, 0.3) is 0 Å². The van der Waals surface area contributed by atoms with E-state index in [0.29, 0.717) is 11.1 Å². The second-order valence-electron chi connectivity index (χ2n) is 5.25. The average Bonchev–Trinajstić information content (AvgIpc) is 3.01. The number of hydrogen-bond donors (Lipinski definition) is 0. The largest absolute Gasteiger partial charge is 0.355 e. The Balaban J connectivity index is 1.75. The summed E-state index contributed by atoms with van der Waals surface area (Å²) in [5.74, 6) is 0.924. The molecule has 1 saturated carbocycles. The molecule has 0 amide bonds. The van der Waals surface area contributed by atoms with Crippen LogP contribution >= 0.6 is 0 Å². The molecule has 2 aliphatic rings. The molecule has 1 aliphatic carbocycles. The molecule has 0 radical (unpaired) electrons. The zero-order valence-corrected chi connectivity index (χ0v) is 9.89. The van der Waals surface area contributed by atoms with Gasteiger partial charge in [0.15, 0.2) is 5.69 Å². The first-order chi connectivity index (χ1) is 8.31. The van der Waals surface area contributed by atoms with Crippen LogP contribution in [0, 0.1) is 16.7 Å². The molecule has 4 nitrogen and oxygen atoms in total. The number of nitriles is 1. The third-order valence-electron chi connectivity index (χ3n) is 4.18. The number of nitrogens with zero attached hydrogens (tertiary/aromatic N) is 4. The van der Waals surface area contributed by atoms with Crippen molar-refractivity contribution in [3.8, 4) is 6.07 Å². The highest BCUT2D eigenvalue weighted by Gasteiger charge is 2.40. The molecule has 17 heavy (non-hydrogen) atoms. The summed E-state index contributed by atoms with van der Waals surface area (Å²) in [5, 5.41) is 8.70. The fourth-order valence-electron chi connectivity index (χ4n) is 3.21. The molecule has 0 atom stereocenters. The Bertz CT molecular complexity index is 439. The van der Waals surface area contributed by atoms with Crippen LogP contribution < -0.4 is 4.90 Å². The lowest BCUT2D eigenvalue weighted by Crippen LogP contribution is -2.25. The molecule has 4 heteroatoms. The van der Waals surface area contributed by atoms with Crippen molar-refractivity contribution in [2.45, 2.75) is 32.1 Å². The molecule has 0 N–H and O–H groups in total. The molecule has 3 rings (SSSR count). The summed E-state index contributed by atoms with van der Waals surface area (Å²) < 4.78 is 0. The first-order valence-electron chi connectivity index (χ1n) is 6.28. The van der Waals surface area contributed by atoms with Gasteiger partial charge in [0.2, 0.25) is 0 Å². The molecule has 1 saturated heterocycles. The van der Waals surface area contributed by atoms with Crippen LogP contribution in [0.2, 0.25) is 0 Å². The van der Waals surface area contributed by atoms with Crippen molar-refractivity contribution in [1.29, 1.82) is 5.26 Å². The van der Waals surface area contributed by atoms with Gasteiger partial charge in [-0.3, -0.25) is 0 Å². The van der Waals surface area contributed by atoms with Crippen molar-refractivity contribution in [1.82, 2.24) is 9.97 Å². The van der Waals surface area contributed by atoms with Gasteiger partial charge in [0.25, 0.3) is 0 Å². The number of rotatable bonds is 1. The predicted octanol–water partition coefficient (Wildman–Crippen LogP) is 2.12. The Morgan fingerprint density at radius 1 is 1.18 bits per heavy atom. The Morgan fingerprint density at radius 3 is 2.65 bits per heavy atom. The van der Waals surface area contributed by atoms with E-state index in [2.05, 4.69) is 14.9 Å². The smallest absolute Gasteiger partial charge is 0.158 e. The molecule has 88 valence electrons. The van der Waals surface area contributed by atoms with Gasteiger partial charge >= 0.3 is 0 Å². The lowest BCUT2D eigenvalue weighted by atomic mass is 9.86. The van der Waals surface area contributed by atoms with Crippen molar-refractivity contribution >= 4 is 5.82 Å². The minimum Gasteiger partial charge on any atom is -0.355 e. The average molecular weight is 228 g/mol. The van der Waals surface area contributed by atoms with Gasteiger partial charge in [0.05, 0.1) is 12.4 Å². The van der Waals surface area contributed by atoms with Crippen LogP contribution in [-0.4, -0.2) is 23.1 Å². The van der Waals surface area contributed by atoms with E-state index in [1.807, 2.05) is 6.07 Å². The van der Waals surface area contributed by atoms with Crippen LogP contribution in [-0.2, 0) is 0 Å². The van der Waals surface area contributed by atoms with Crippen LogP contribution in [0.4, 0.5) is 5.82 Å². The van der Waals surface area contributed by atoms with Gasteiger partial charge in [-0.1, -0.05) is 12.8 Å². The van der Waals surface area contributed by atoms with Crippen molar-refractivity contribution in [3.63, 3.8) is 0 Å². The van der Waals surface area contributed by atoms with Crippen molar-refractivity contribution in [2.24, 2.45) is 5.41 Å². The topological polar surface area (TPSA) is 52.8 Å². The van der Waals surface area contributed by atoms with Gasteiger partial charge in [-0.05, 0) is 24.7 Å². The van der Waals surface area contributed by atoms with Gasteiger partial charge < -0.3 is 4.90 Å².